The lowest BCUT2D eigenvalue weighted by atomic mass is 9.85. The van der Waals surface area contributed by atoms with Crippen molar-refractivity contribution in [3.8, 4) is 0 Å². The lowest BCUT2D eigenvalue weighted by molar-refractivity contribution is -0.121. The van der Waals surface area contributed by atoms with Gasteiger partial charge in [-0.3, -0.25) is 4.79 Å². The van der Waals surface area contributed by atoms with Crippen molar-refractivity contribution in [1.29, 1.82) is 0 Å². The highest BCUT2D eigenvalue weighted by Crippen LogP contribution is 2.47. The Bertz CT molecular complexity index is 596. The molecule has 0 radical (unpaired) electrons. The fourth-order valence-corrected chi connectivity index (χ4v) is 4.30. The number of hydrogen-bond acceptors (Lipinski definition) is 2. The SMILES string of the molecule is CNC(=O)CC1CCC([C@H]2CCc3cc(C(=O)O)ccc32)C1. The molecule has 1 fully saturated rings. The maximum absolute atomic E-state index is 11.5. The van der Waals surface area contributed by atoms with Gasteiger partial charge in [0.15, 0.2) is 0 Å². The van der Waals surface area contributed by atoms with E-state index in [2.05, 4.69) is 5.32 Å². The summed E-state index contributed by atoms with van der Waals surface area (Å²) in [5.41, 5.74) is 2.94. The highest BCUT2D eigenvalue weighted by Gasteiger charge is 2.35. The molecule has 2 unspecified atom stereocenters. The van der Waals surface area contributed by atoms with Gasteiger partial charge >= 0.3 is 5.97 Å². The van der Waals surface area contributed by atoms with Gasteiger partial charge in [0, 0.05) is 13.5 Å². The van der Waals surface area contributed by atoms with Crippen molar-refractivity contribution in [3.63, 3.8) is 0 Å². The van der Waals surface area contributed by atoms with Gasteiger partial charge in [-0.1, -0.05) is 6.07 Å². The number of carboxylic acids is 1. The summed E-state index contributed by atoms with van der Waals surface area (Å²) in [6.07, 6.45) is 6.19. The maximum atomic E-state index is 11.5. The molecule has 0 spiro atoms. The summed E-state index contributed by atoms with van der Waals surface area (Å²) in [6.45, 7) is 0. The quantitative estimate of drug-likeness (QED) is 0.898. The van der Waals surface area contributed by atoms with Gasteiger partial charge in [-0.05, 0) is 73.1 Å². The van der Waals surface area contributed by atoms with Crippen LogP contribution in [0.2, 0.25) is 0 Å². The van der Waals surface area contributed by atoms with Crippen molar-refractivity contribution in [2.24, 2.45) is 11.8 Å². The van der Waals surface area contributed by atoms with Gasteiger partial charge in [0.25, 0.3) is 0 Å². The van der Waals surface area contributed by atoms with Crippen molar-refractivity contribution in [1.82, 2.24) is 5.32 Å². The van der Waals surface area contributed by atoms with E-state index in [0.717, 1.165) is 25.7 Å². The number of carbonyl (C=O) groups is 2. The molecule has 0 aromatic heterocycles. The summed E-state index contributed by atoms with van der Waals surface area (Å²) < 4.78 is 0. The maximum Gasteiger partial charge on any atom is 0.335 e. The fraction of sp³-hybridized carbons (Fsp3) is 0.556. The zero-order chi connectivity index (χ0) is 15.7. The normalized spacial score (nSPS) is 26.7. The largest absolute Gasteiger partial charge is 0.478 e. The van der Waals surface area contributed by atoms with Crippen LogP contribution < -0.4 is 5.32 Å². The minimum atomic E-state index is -0.849. The third-order valence-corrected chi connectivity index (χ3v) is 5.42. The van der Waals surface area contributed by atoms with Gasteiger partial charge in [-0.25, -0.2) is 4.79 Å². The summed E-state index contributed by atoms with van der Waals surface area (Å²) in [5.74, 6) is 0.993. The van der Waals surface area contributed by atoms with Crippen molar-refractivity contribution in [3.05, 3.63) is 34.9 Å². The number of aromatic carboxylic acids is 1. The van der Waals surface area contributed by atoms with Crippen LogP contribution in [0.15, 0.2) is 18.2 Å². The zero-order valence-corrected chi connectivity index (χ0v) is 13.0. The second kappa shape index (κ2) is 6.11. The lowest BCUT2D eigenvalue weighted by Crippen LogP contribution is -2.20. The Balaban J connectivity index is 1.69. The molecule has 22 heavy (non-hydrogen) atoms. The average Bonchev–Trinajstić information content (AvgIpc) is 3.12. The Morgan fingerprint density at radius 2 is 2.09 bits per heavy atom. The zero-order valence-electron chi connectivity index (χ0n) is 13.0. The molecule has 0 heterocycles. The Morgan fingerprint density at radius 1 is 1.27 bits per heavy atom. The van der Waals surface area contributed by atoms with Crippen LogP contribution in [0.25, 0.3) is 0 Å². The number of fused-ring (bicyclic) bond motifs is 1. The van der Waals surface area contributed by atoms with Gasteiger partial charge in [-0.15, -0.1) is 0 Å². The first kappa shape index (κ1) is 15.1. The first-order valence-electron chi connectivity index (χ1n) is 8.15. The number of amides is 1. The van der Waals surface area contributed by atoms with Crippen molar-refractivity contribution < 1.29 is 14.7 Å². The van der Waals surface area contributed by atoms with Gasteiger partial charge in [-0.2, -0.15) is 0 Å². The van der Waals surface area contributed by atoms with E-state index in [4.69, 9.17) is 5.11 Å². The van der Waals surface area contributed by atoms with Gasteiger partial charge < -0.3 is 10.4 Å². The van der Waals surface area contributed by atoms with Crippen molar-refractivity contribution >= 4 is 11.9 Å². The first-order valence-corrected chi connectivity index (χ1v) is 8.15. The molecular formula is C18H23NO3. The van der Waals surface area contributed by atoms with E-state index in [0.29, 0.717) is 29.7 Å². The molecule has 1 aromatic carbocycles. The smallest absolute Gasteiger partial charge is 0.335 e. The van der Waals surface area contributed by atoms with E-state index < -0.39 is 5.97 Å². The van der Waals surface area contributed by atoms with E-state index in [1.165, 1.54) is 17.5 Å². The minimum Gasteiger partial charge on any atom is -0.478 e. The van der Waals surface area contributed by atoms with Gasteiger partial charge in [0.2, 0.25) is 5.91 Å². The molecule has 2 aliphatic carbocycles. The van der Waals surface area contributed by atoms with Gasteiger partial charge in [0.1, 0.15) is 0 Å². The van der Waals surface area contributed by atoms with Crippen LogP contribution in [0.4, 0.5) is 0 Å². The second-order valence-corrected chi connectivity index (χ2v) is 6.68. The monoisotopic (exact) mass is 301 g/mol. The van der Waals surface area contributed by atoms with Crippen LogP contribution in [0, 0.1) is 11.8 Å². The highest BCUT2D eigenvalue weighted by molar-refractivity contribution is 5.88. The molecular weight excluding hydrogens is 278 g/mol. The molecule has 0 saturated heterocycles. The van der Waals surface area contributed by atoms with Crippen molar-refractivity contribution in [2.45, 2.75) is 44.4 Å². The van der Waals surface area contributed by atoms with E-state index in [-0.39, 0.29) is 5.91 Å². The summed E-state index contributed by atoms with van der Waals surface area (Å²) in [6, 6.07) is 5.59. The van der Waals surface area contributed by atoms with Crippen LogP contribution in [0.1, 0.15) is 59.5 Å². The van der Waals surface area contributed by atoms with Gasteiger partial charge in [0.05, 0.1) is 5.56 Å². The third-order valence-electron chi connectivity index (χ3n) is 5.42. The number of carboxylic acid groups (broad SMARTS) is 1. The fourth-order valence-electron chi connectivity index (χ4n) is 4.30. The van der Waals surface area contributed by atoms with Crippen LogP contribution >= 0.6 is 0 Å². The van der Waals surface area contributed by atoms with E-state index in [1.807, 2.05) is 12.1 Å². The van der Waals surface area contributed by atoms with Crippen LogP contribution in [0.5, 0.6) is 0 Å². The molecule has 3 atom stereocenters. The molecule has 0 bridgehead atoms. The predicted octanol–water partition coefficient (Wildman–Crippen LogP) is 2.97. The number of rotatable bonds is 4. The molecule has 1 saturated carbocycles. The molecule has 4 heteroatoms. The molecule has 1 aromatic rings. The first-order chi connectivity index (χ1) is 10.6. The van der Waals surface area contributed by atoms with E-state index in [1.54, 1.807) is 13.1 Å². The number of hydrogen-bond donors (Lipinski definition) is 2. The summed E-state index contributed by atoms with van der Waals surface area (Å²) in [7, 11) is 1.70. The number of carbonyl (C=O) groups excluding carboxylic acids is 1. The number of aryl methyl sites for hydroxylation is 1. The molecule has 118 valence electrons. The molecule has 1 amide bonds. The Hall–Kier alpha value is -1.84. The van der Waals surface area contributed by atoms with E-state index in [9.17, 15) is 9.59 Å². The van der Waals surface area contributed by atoms with E-state index >= 15 is 0 Å². The number of nitrogens with one attached hydrogen (secondary N) is 1. The summed E-state index contributed by atoms with van der Waals surface area (Å²) in [4.78, 5) is 22.6. The predicted molar refractivity (Wildman–Crippen MR) is 84.0 cm³/mol. The number of benzene rings is 1. The van der Waals surface area contributed by atoms with Crippen LogP contribution in [0.3, 0.4) is 0 Å². The molecule has 3 rings (SSSR count). The molecule has 2 aliphatic rings. The third kappa shape index (κ3) is 2.87. The Morgan fingerprint density at radius 3 is 2.82 bits per heavy atom. The average molecular weight is 301 g/mol. The minimum absolute atomic E-state index is 0.142. The Kier molecular flexibility index (Phi) is 4.19. The van der Waals surface area contributed by atoms with Crippen LogP contribution in [-0.2, 0) is 11.2 Å². The molecule has 0 aliphatic heterocycles. The Labute approximate surface area is 130 Å². The molecule has 4 nitrogen and oxygen atoms in total. The standard InChI is InChI=1S/C18H23NO3/c1-19-17(20)9-11-2-3-12(8-11)15-6-4-13-10-14(18(21)22)5-7-16(13)15/h5,7,10-12,15H,2-4,6,8-9H2,1H3,(H,19,20)(H,21,22)/t11?,12?,15-/m1/s1. The topological polar surface area (TPSA) is 66.4 Å². The highest BCUT2D eigenvalue weighted by atomic mass is 16.4. The second-order valence-electron chi connectivity index (χ2n) is 6.68. The van der Waals surface area contributed by atoms with Crippen LogP contribution in [-0.4, -0.2) is 24.0 Å². The lowest BCUT2D eigenvalue weighted by Gasteiger charge is -2.20. The summed E-state index contributed by atoms with van der Waals surface area (Å²) >= 11 is 0. The van der Waals surface area contributed by atoms with Crippen molar-refractivity contribution in [2.75, 3.05) is 7.05 Å². The summed E-state index contributed by atoms with van der Waals surface area (Å²) in [5, 5.41) is 11.8. The molecule has 2 N–H and O–H groups in total.